The van der Waals surface area contributed by atoms with Gasteiger partial charge in [0, 0.05) is 11.6 Å². The minimum absolute atomic E-state index is 0.0448. The van der Waals surface area contributed by atoms with Crippen molar-refractivity contribution in [2.75, 3.05) is 7.11 Å². The van der Waals surface area contributed by atoms with Crippen LogP contribution in [0.25, 0.3) is 0 Å². The Hall–Kier alpha value is -1.47. The van der Waals surface area contributed by atoms with Gasteiger partial charge in [0.2, 0.25) is 0 Å². The van der Waals surface area contributed by atoms with Gasteiger partial charge in [-0.3, -0.25) is 0 Å². The van der Waals surface area contributed by atoms with Crippen LogP contribution in [0.3, 0.4) is 0 Å². The van der Waals surface area contributed by atoms with Crippen molar-refractivity contribution in [1.82, 2.24) is 0 Å². The standard InChI is InChI=1S/C9H7ClFNO2/c1-14-7-4-6(13)5(2-3-12)9(11)8(7)10/h4,13H,2H2,1H3. The highest BCUT2D eigenvalue weighted by atomic mass is 35.5. The first-order valence-corrected chi connectivity index (χ1v) is 4.10. The number of aromatic hydroxyl groups is 1. The van der Waals surface area contributed by atoms with Crippen LogP contribution in [0, 0.1) is 17.1 Å². The van der Waals surface area contributed by atoms with Gasteiger partial charge in [0.15, 0.2) is 5.82 Å². The van der Waals surface area contributed by atoms with Crippen molar-refractivity contribution in [3.8, 4) is 17.6 Å². The lowest BCUT2D eigenvalue weighted by atomic mass is 10.1. The summed E-state index contributed by atoms with van der Waals surface area (Å²) in [6.45, 7) is 0. The zero-order valence-electron chi connectivity index (χ0n) is 7.34. The van der Waals surface area contributed by atoms with Crippen LogP contribution in [0.15, 0.2) is 6.07 Å². The lowest BCUT2D eigenvalue weighted by molar-refractivity contribution is 0.400. The molecule has 0 atom stereocenters. The number of hydrogen-bond acceptors (Lipinski definition) is 3. The molecule has 74 valence electrons. The van der Waals surface area contributed by atoms with E-state index in [2.05, 4.69) is 0 Å². The maximum absolute atomic E-state index is 13.4. The summed E-state index contributed by atoms with van der Waals surface area (Å²) in [5.74, 6) is -1.10. The maximum Gasteiger partial charge on any atom is 0.153 e. The molecule has 0 saturated carbocycles. The molecule has 0 bridgehead atoms. The van der Waals surface area contributed by atoms with Gasteiger partial charge < -0.3 is 9.84 Å². The van der Waals surface area contributed by atoms with E-state index in [-0.39, 0.29) is 28.5 Å². The first-order valence-electron chi connectivity index (χ1n) is 3.72. The van der Waals surface area contributed by atoms with Crippen molar-refractivity contribution in [2.45, 2.75) is 6.42 Å². The normalized spacial score (nSPS) is 9.57. The molecular formula is C9H7ClFNO2. The van der Waals surface area contributed by atoms with Crippen LogP contribution in [0.2, 0.25) is 5.02 Å². The number of methoxy groups -OCH3 is 1. The third kappa shape index (κ3) is 1.73. The van der Waals surface area contributed by atoms with Crippen molar-refractivity contribution in [2.24, 2.45) is 0 Å². The Balaban J connectivity index is 3.35. The second kappa shape index (κ2) is 4.16. The summed E-state index contributed by atoms with van der Waals surface area (Å²) in [4.78, 5) is 0. The van der Waals surface area contributed by atoms with Crippen LogP contribution in [0.4, 0.5) is 4.39 Å². The largest absolute Gasteiger partial charge is 0.507 e. The smallest absolute Gasteiger partial charge is 0.153 e. The summed E-state index contributed by atoms with van der Waals surface area (Å²) < 4.78 is 18.1. The topological polar surface area (TPSA) is 53.2 Å². The van der Waals surface area contributed by atoms with Gasteiger partial charge in [0.05, 0.1) is 19.6 Å². The summed E-state index contributed by atoms with van der Waals surface area (Å²) in [5.41, 5.74) is -0.113. The van der Waals surface area contributed by atoms with Crippen molar-refractivity contribution < 1.29 is 14.2 Å². The molecule has 0 aliphatic carbocycles. The molecule has 14 heavy (non-hydrogen) atoms. The molecule has 5 heteroatoms. The number of nitrogens with zero attached hydrogens (tertiary/aromatic N) is 1. The Morgan fingerprint density at radius 1 is 1.71 bits per heavy atom. The quantitative estimate of drug-likeness (QED) is 0.823. The predicted octanol–water partition coefficient (Wildman–Crippen LogP) is 2.26. The van der Waals surface area contributed by atoms with E-state index in [0.717, 1.165) is 0 Å². The number of hydrogen-bond donors (Lipinski definition) is 1. The van der Waals surface area contributed by atoms with E-state index in [1.54, 1.807) is 6.07 Å². The van der Waals surface area contributed by atoms with Crippen molar-refractivity contribution in [1.29, 1.82) is 5.26 Å². The van der Waals surface area contributed by atoms with Gasteiger partial charge in [-0.05, 0) is 0 Å². The Morgan fingerprint density at radius 3 is 2.86 bits per heavy atom. The monoisotopic (exact) mass is 215 g/mol. The average molecular weight is 216 g/mol. The molecule has 1 aromatic rings. The average Bonchev–Trinajstić information content (AvgIpc) is 2.18. The first kappa shape index (κ1) is 10.6. The lowest BCUT2D eigenvalue weighted by Gasteiger charge is -2.08. The summed E-state index contributed by atoms with van der Waals surface area (Å²) in [7, 11) is 1.31. The second-order valence-corrected chi connectivity index (χ2v) is 2.92. The Bertz CT molecular complexity index is 401. The SMILES string of the molecule is COc1cc(O)c(CC#N)c(F)c1Cl. The fourth-order valence-electron chi connectivity index (χ4n) is 1.02. The molecule has 0 saturated heterocycles. The first-order chi connectivity index (χ1) is 6.61. The number of benzene rings is 1. The van der Waals surface area contributed by atoms with Crippen LogP contribution < -0.4 is 4.74 Å². The molecule has 0 fully saturated rings. The summed E-state index contributed by atoms with van der Waals surface area (Å²) in [6, 6.07) is 2.91. The molecule has 0 radical (unpaired) electrons. The van der Waals surface area contributed by atoms with E-state index >= 15 is 0 Å². The molecule has 0 heterocycles. The van der Waals surface area contributed by atoms with Gasteiger partial charge in [-0.25, -0.2) is 4.39 Å². The van der Waals surface area contributed by atoms with Gasteiger partial charge in [-0.1, -0.05) is 11.6 Å². The minimum atomic E-state index is -0.815. The van der Waals surface area contributed by atoms with Crippen LogP contribution in [-0.2, 0) is 6.42 Å². The third-order valence-electron chi connectivity index (χ3n) is 1.73. The molecule has 0 spiro atoms. The van der Waals surface area contributed by atoms with E-state index in [1.165, 1.54) is 13.2 Å². The molecule has 1 rings (SSSR count). The third-order valence-corrected chi connectivity index (χ3v) is 2.08. The number of rotatable bonds is 2. The molecule has 0 unspecified atom stereocenters. The lowest BCUT2D eigenvalue weighted by Crippen LogP contribution is -1.94. The van der Waals surface area contributed by atoms with Gasteiger partial charge in [0.25, 0.3) is 0 Å². The second-order valence-electron chi connectivity index (χ2n) is 2.54. The molecule has 0 aliphatic heterocycles. The van der Waals surface area contributed by atoms with E-state index in [4.69, 9.17) is 21.6 Å². The molecule has 0 aromatic heterocycles. The summed E-state index contributed by atoms with van der Waals surface area (Å²) in [5, 5.41) is 17.5. The van der Waals surface area contributed by atoms with Crippen LogP contribution >= 0.6 is 11.6 Å². The maximum atomic E-state index is 13.4. The van der Waals surface area contributed by atoms with Crippen molar-refractivity contribution >= 4 is 11.6 Å². The Labute approximate surface area is 85.3 Å². The Kier molecular flexibility index (Phi) is 3.15. The number of halogens is 2. The number of phenolic OH excluding ortho intramolecular Hbond substituents is 1. The highest BCUT2D eigenvalue weighted by Crippen LogP contribution is 2.35. The summed E-state index contributed by atoms with van der Waals surface area (Å²) in [6.07, 6.45) is -0.235. The van der Waals surface area contributed by atoms with Crippen molar-refractivity contribution in [3.05, 3.63) is 22.5 Å². The highest BCUT2D eigenvalue weighted by Gasteiger charge is 2.16. The number of ether oxygens (including phenoxy) is 1. The molecular weight excluding hydrogens is 209 g/mol. The fraction of sp³-hybridized carbons (Fsp3) is 0.222. The highest BCUT2D eigenvalue weighted by molar-refractivity contribution is 6.32. The number of phenols is 1. The van der Waals surface area contributed by atoms with Crippen LogP contribution in [-0.4, -0.2) is 12.2 Å². The minimum Gasteiger partial charge on any atom is -0.507 e. The molecule has 1 aromatic carbocycles. The molecule has 1 N–H and O–H groups in total. The van der Waals surface area contributed by atoms with Gasteiger partial charge in [0.1, 0.15) is 16.5 Å². The van der Waals surface area contributed by atoms with E-state index in [1.807, 2.05) is 0 Å². The van der Waals surface area contributed by atoms with E-state index in [0.29, 0.717) is 0 Å². The molecule has 0 amide bonds. The van der Waals surface area contributed by atoms with Gasteiger partial charge in [-0.15, -0.1) is 0 Å². The van der Waals surface area contributed by atoms with Crippen molar-refractivity contribution in [3.63, 3.8) is 0 Å². The predicted molar refractivity (Wildman–Crippen MR) is 48.9 cm³/mol. The Morgan fingerprint density at radius 2 is 2.36 bits per heavy atom. The molecule has 3 nitrogen and oxygen atoms in total. The van der Waals surface area contributed by atoms with E-state index < -0.39 is 5.82 Å². The number of nitriles is 1. The zero-order chi connectivity index (χ0) is 10.7. The molecule has 0 aliphatic rings. The zero-order valence-corrected chi connectivity index (χ0v) is 8.10. The van der Waals surface area contributed by atoms with Crippen LogP contribution in [0.5, 0.6) is 11.5 Å². The van der Waals surface area contributed by atoms with Crippen LogP contribution in [0.1, 0.15) is 5.56 Å². The van der Waals surface area contributed by atoms with E-state index in [9.17, 15) is 9.50 Å². The summed E-state index contributed by atoms with van der Waals surface area (Å²) >= 11 is 5.59. The van der Waals surface area contributed by atoms with Gasteiger partial charge >= 0.3 is 0 Å². The van der Waals surface area contributed by atoms with Gasteiger partial charge in [-0.2, -0.15) is 5.26 Å². The fourth-order valence-corrected chi connectivity index (χ4v) is 1.27.